The summed E-state index contributed by atoms with van der Waals surface area (Å²) in [5, 5.41) is 11.0. The highest BCUT2D eigenvalue weighted by atomic mass is 16.6. The lowest BCUT2D eigenvalue weighted by molar-refractivity contribution is 0.315. The normalized spacial score (nSPS) is 12.9. The van der Waals surface area contributed by atoms with Crippen molar-refractivity contribution >= 4 is 22.4 Å². The van der Waals surface area contributed by atoms with Gasteiger partial charge in [-0.25, -0.2) is 4.63 Å². The van der Waals surface area contributed by atoms with Gasteiger partial charge in [0.2, 0.25) is 0 Å². The summed E-state index contributed by atoms with van der Waals surface area (Å²) in [6.45, 7) is 4.30. The third-order valence-corrected chi connectivity index (χ3v) is 2.57. The van der Waals surface area contributed by atoms with Crippen molar-refractivity contribution < 1.29 is 4.63 Å². The molecular weight excluding hydrogens is 204 g/mol. The zero-order valence-electron chi connectivity index (χ0n) is 9.53. The van der Waals surface area contributed by atoms with Gasteiger partial charge in [0.25, 0.3) is 0 Å². The molecule has 1 aromatic heterocycles. The highest BCUT2D eigenvalue weighted by Crippen LogP contribution is 2.25. The van der Waals surface area contributed by atoms with Gasteiger partial charge in [-0.3, -0.25) is 0 Å². The van der Waals surface area contributed by atoms with E-state index in [2.05, 4.69) is 29.5 Å². The molecular formula is C11H16N4O. The number of nitrogen functional groups attached to an aromatic ring is 1. The fourth-order valence-corrected chi connectivity index (χ4v) is 1.77. The third kappa shape index (κ3) is 1.93. The fraction of sp³-hybridized carbons (Fsp3) is 0.455. The van der Waals surface area contributed by atoms with Crippen LogP contribution in [0.2, 0.25) is 0 Å². The Bertz CT molecular complexity index is 480. The average molecular weight is 220 g/mol. The molecule has 3 N–H and O–H groups in total. The van der Waals surface area contributed by atoms with Crippen LogP contribution in [-0.4, -0.2) is 16.4 Å². The van der Waals surface area contributed by atoms with Crippen LogP contribution in [0.15, 0.2) is 16.8 Å². The molecule has 0 amide bonds. The number of nitrogens with one attached hydrogen (secondary N) is 1. The van der Waals surface area contributed by atoms with E-state index >= 15 is 0 Å². The van der Waals surface area contributed by atoms with Gasteiger partial charge in [0.05, 0.1) is 11.4 Å². The topological polar surface area (TPSA) is 77.0 Å². The molecule has 1 heterocycles. The first-order valence-corrected chi connectivity index (χ1v) is 5.49. The van der Waals surface area contributed by atoms with Gasteiger partial charge < -0.3 is 11.1 Å². The largest absolute Gasteiger partial charge is 0.397 e. The predicted octanol–water partition coefficient (Wildman–Crippen LogP) is 2.41. The molecule has 0 saturated heterocycles. The van der Waals surface area contributed by atoms with Crippen molar-refractivity contribution in [1.82, 2.24) is 10.3 Å². The predicted molar refractivity (Wildman–Crippen MR) is 64.2 cm³/mol. The second kappa shape index (κ2) is 4.38. The molecule has 86 valence electrons. The Balaban J connectivity index is 2.31. The molecule has 0 aliphatic carbocycles. The Kier molecular flexibility index (Phi) is 2.94. The van der Waals surface area contributed by atoms with E-state index in [0.29, 0.717) is 22.8 Å². The SMILES string of the molecule is CCCC(C)Nc1ccc(N)c2nonc12. The number of benzene rings is 1. The van der Waals surface area contributed by atoms with Crippen LogP contribution in [-0.2, 0) is 0 Å². The zero-order chi connectivity index (χ0) is 11.5. The molecule has 5 heteroatoms. The van der Waals surface area contributed by atoms with Gasteiger partial charge in [0, 0.05) is 6.04 Å². The molecule has 0 aliphatic rings. The summed E-state index contributed by atoms with van der Waals surface area (Å²) >= 11 is 0. The van der Waals surface area contributed by atoms with Crippen molar-refractivity contribution in [2.75, 3.05) is 11.1 Å². The van der Waals surface area contributed by atoms with E-state index in [1.165, 1.54) is 0 Å². The van der Waals surface area contributed by atoms with Crippen molar-refractivity contribution in [3.05, 3.63) is 12.1 Å². The van der Waals surface area contributed by atoms with Crippen molar-refractivity contribution in [2.24, 2.45) is 0 Å². The molecule has 0 saturated carbocycles. The van der Waals surface area contributed by atoms with Crippen LogP contribution in [0.3, 0.4) is 0 Å². The molecule has 0 aliphatic heterocycles. The lowest BCUT2D eigenvalue weighted by Crippen LogP contribution is -2.14. The number of aromatic nitrogens is 2. The Hall–Kier alpha value is -1.78. The summed E-state index contributed by atoms with van der Waals surface area (Å²) in [7, 11) is 0. The molecule has 0 bridgehead atoms. The number of rotatable bonds is 4. The average Bonchev–Trinajstić information content (AvgIpc) is 2.72. The minimum absolute atomic E-state index is 0.397. The number of hydrogen-bond acceptors (Lipinski definition) is 5. The fourth-order valence-electron chi connectivity index (χ4n) is 1.77. The van der Waals surface area contributed by atoms with E-state index in [1.54, 1.807) is 0 Å². The van der Waals surface area contributed by atoms with Crippen LogP contribution in [0.5, 0.6) is 0 Å². The lowest BCUT2D eigenvalue weighted by Gasteiger charge is -2.14. The molecule has 2 rings (SSSR count). The maximum Gasteiger partial charge on any atom is 0.160 e. The number of nitrogens with two attached hydrogens (primary N) is 1. The Labute approximate surface area is 94.0 Å². The highest BCUT2D eigenvalue weighted by molar-refractivity contribution is 5.94. The standard InChI is InChI=1S/C11H16N4O/c1-3-4-7(2)13-9-6-5-8(12)10-11(9)15-16-14-10/h5-7,13H,3-4,12H2,1-2H3. The lowest BCUT2D eigenvalue weighted by atomic mass is 10.1. The monoisotopic (exact) mass is 220 g/mol. The summed E-state index contributed by atoms with van der Waals surface area (Å²) < 4.78 is 4.71. The zero-order valence-corrected chi connectivity index (χ0v) is 9.53. The van der Waals surface area contributed by atoms with Gasteiger partial charge in [-0.05, 0) is 35.8 Å². The molecule has 0 radical (unpaired) electrons. The van der Waals surface area contributed by atoms with Gasteiger partial charge in [0.1, 0.15) is 0 Å². The molecule has 16 heavy (non-hydrogen) atoms. The molecule has 0 fully saturated rings. The molecule has 2 aromatic rings. The third-order valence-electron chi connectivity index (χ3n) is 2.57. The molecule has 5 nitrogen and oxygen atoms in total. The first-order valence-electron chi connectivity index (χ1n) is 5.49. The summed E-state index contributed by atoms with van der Waals surface area (Å²) in [5.74, 6) is 0. The molecule has 1 unspecified atom stereocenters. The van der Waals surface area contributed by atoms with Gasteiger partial charge in [-0.2, -0.15) is 0 Å². The number of fused-ring (bicyclic) bond motifs is 1. The van der Waals surface area contributed by atoms with E-state index in [-0.39, 0.29) is 0 Å². The van der Waals surface area contributed by atoms with Gasteiger partial charge >= 0.3 is 0 Å². The second-order valence-electron chi connectivity index (χ2n) is 4.00. The summed E-state index contributed by atoms with van der Waals surface area (Å²) in [4.78, 5) is 0. The number of nitrogens with zero attached hydrogens (tertiary/aromatic N) is 2. The van der Waals surface area contributed by atoms with Crippen LogP contribution in [0.1, 0.15) is 26.7 Å². The molecule has 1 atom stereocenters. The van der Waals surface area contributed by atoms with Gasteiger partial charge in [-0.15, -0.1) is 0 Å². The van der Waals surface area contributed by atoms with Crippen LogP contribution in [0.4, 0.5) is 11.4 Å². The Morgan fingerprint density at radius 3 is 2.88 bits per heavy atom. The second-order valence-corrected chi connectivity index (χ2v) is 4.00. The van der Waals surface area contributed by atoms with E-state index in [4.69, 9.17) is 10.4 Å². The Morgan fingerprint density at radius 1 is 1.38 bits per heavy atom. The summed E-state index contributed by atoms with van der Waals surface area (Å²) in [6, 6.07) is 4.12. The van der Waals surface area contributed by atoms with Crippen LogP contribution in [0.25, 0.3) is 11.0 Å². The highest BCUT2D eigenvalue weighted by Gasteiger charge is 2.11. The van der Waals surface area contributed by atoms with E-state index < -0.39 is 0 Å². The van der Waals surface area contributed by atoms with Crippen molar-refractivity contribution in [3.63, 3.8) is 0 Å². The molecule has 0 spiro atoms. The van der Waals surface area contributed by atoms with Crippen molar-refractivity contribution in [3.8, 4) is 0 Å². The van der Waals surface area contributed by atoms with Crippen LogP contribution >= 0.6 is 0 Å². The van der Waals surface area contributed by atoms with E-state index in [0.717, 1.165) is 18.5 Å². The first-order chi connectivity index (χ1) is 7.72. The number of hydrogen-bond donors (Lipinski definition) is 2. The van der Waals surface area contributed by atoms with Gasteiger partial charge in [0.15, 0.2) is 11.0 Å². The molecule has 1 aromatic carbocycles. The quantitative estimate of drug-likeness (QED) is 0.774. The Morgan fingerprint density at radius 2 is 2.12 bits per heavy atom. The smallest absolute Gasteiger partial charge is 0.160 e. The number of anilines is 2. The van der Waals surface area contributed by atoms with Crippen molar-refractivity contribution in [2.45, 2.75) is 32.7 Å². The van der Waals surface area contributed by atoms with E-state index in [9.17, 15) is 0 Å². The van der Waals surface area contributed by atoms with Crippen molar-refractivity contribution in [1.29, 1.82) is 0 Å². The van der Waals surface area contributed by atoms with Crippen LogP contribution in [0, 0.1) is 0 Å². The van der Waals surface area contributed by atoms with Crippen LogP contribution < -0.4 is 11.1 Å². The maximum atomic E-state index is 5.77. The first kappa shape index (κ1) is 10.7. The maximum absolute atomic E-state index is 5.77. The minimum atomic E-state index is 0.397. The summed E-state index contributed by atoms with van der Waals surface area (Å²) in [5.41, 5.74) is 8.60. The minimum Gasteiger partial charge on any atom is -0.397 e. The van der Waals surface area contributed by atoms with E-state index in [1.807, 2.05) is 12.1 Å². The summed E-state index contributed by atoms with van der Waals surface area (Å²) in [6.07, 6.45) is 2.25. The van der Waals surface area contributed by atoms with Gasteiger partial charge in [-0.1, -0.05) is 13.3 Å².